The van der Waals surface area contributed by atoms with Crippen LogP contribution < -0.4 is 5.32 Å². The highest BCUT2D eigenvalue weighted by Gasteiger charge is 2.23. The Morgan fingerprint density at radius 3 is 3.05 bits per heavy atom. The van der Waals surface area contributed by atoms with E-state index in [1.807, 2.05) is 6.07 Å². The topological polar surface area (TPSA) is 103 Å². The molecule has 1 unspecified atom stereocenters. The summed E-state index contributed by atoms with van der Waals surface area (Å²) >= 11 is 0. The molecule has 1 aliphatic rings. The van der Waals surface area contributed by atoms with Crippen molar-refractivity contribution in [1.29, 1.82) is 5.26 Å². The minimum Gasteiger partial charge on any atom is -0.478 e. The quantitative estimate of drug-likeness (QED) is 0.857. The number of carbonyl (C=O) groups is 2. The average Bonchev–Trinajstić information content (AvgIpc) is 2.53. The summed E-state index contributed by atoms with van der Waals surface area (Å²) in [5, 5.41) is 20.4. The normalized spacial score (nSPS) is 17.9. The van der Waals surface area contributed by atoms with Gasteiger partial charge in [0.05, 0.1) is 24.8 Å². The molecule has 7 heteroatoms. The molecule has 0 aromatic heterocycles. The van der Waals surface area contributed by atoms with Crippen LogP contribution in [0, 0.1) is 11.3 Å². The third-order valence-corrected chi connectivity index (χ3v) is 3.12. The number of carbonyl (C=O) groups excluding carboxylic acids is 1. The van der Waals surface area contributed by atoms with E-state index in [-0.39, 0.29) is 24.7 Å². The van der Waals surface area contributed by atoms with Crippen LogP contribution in [0.3, 0.4) is 0 Å². The average molecular weight is 289 g/mol. The smallest absolute Gasteiger partial charge is 0.335 e. The highest BCUT2D eigenvalue weighted by atomic mass is 16.5. The van der Waals surface area contributed by atoms with Crippen molar-refractivity contribution in [2.75, 3.05) is 19.7 Å². The van der Waals surface area contributed by atoms with Gasteiger partial charge in [-0.05, 0) is 17.7 Å². The number of carboxylic acids is 1. The lowest BCUT2D eigenvalue weighted by Gasteiger charge is -2.29. The number of urea groups is 1. The standard InChI is InChI=1S/C14H15N3O4/c15-7-12-9-17(4-5-21-12)14(20)16-8-10-2-1-3-11(6-10)13(18)19/h1-3,6,12H,4-5,8-9H2,(H,16,20)(H,18,19). The van der Waals surface area contributed by atoms with Crippen LogP contribution in [0.1, 0.15) is 15.9 Å². The largest absolute Gasteiger partial charge is 0.478 e. The van der Waals surface area contributed by atoms with Gasteiger partial charge in [0.2, 0.25) is 0 Å². The minimum absolute atomic E-state index is 0.178. The second-order valence-corrected chi connectivity index (χ2v) is 4.60. The van der Waals surface area contributed by atoms with Gasteiger partial charge in [0, 0.05) is 13.1 Å². The Balaban J connectivity index is 1.90. The number of carboxylic acid groups (broad SMARTS) is 1. The first kappa shape index (κ1) is 14.8. The zero-order valence-corrected chi connectivity index (χ0v) is 11.3. The highest BCUT2D eigenvalue weighted by molar-refractivity contribution is 5.87. The Bertz CT molecular complexity index is 582. The minimum atomic E-state index is -1.01. The third kappa shape index (κ3) is 3.94. The number of hydrogen-bond donors (Lipinski definition) is 2. The molecule has 2 rings (SSSR count). The fourth-order valence-electron chi connectivity index (χ4n) is 2.02. The number of ether oxygens (including phenoxy) is 1. The van der Waals surface area contributed by atoms with E-state index in [0.29, 0.717) is 18.7 Å². The van der Waals surface area contributed by atoms with Crippen molar-refractivity contribution in [3.05, 3.63) is 35.4 Å². The molecule has 0 radical (unpaired) electrons. The van der Waals surface area contributed by atoms with Crippen LogP contribution in [0.2, 0.25) is 0 Å². The molecule has 0 spiro atoms. The van der Waals surface area contributed by atoms with Gasteiger partial charge >= 0.3 is 12.0 Å². The van der Waals surface area contributed by atoms with E-state index in [1.54, 1.807) is 12.1 Å². The second-order valence-electron chi connectivity index (χ2n) is 4.60. The van der Waals surface area contributed by atoms with Gasteiger partial charge < -0.3 is 20.1 Å². The van der Waals surface area contributed by atoms with Crippen molar-refractivity contribution >= 4 is 12.0 Å². The first-order valence-corrected chi connectivity index (χ1v) is 6.46. The molecule has 0 saturated carbocycles. The molecule has 1 heterocycles. The Hall–Kier alpha value is -2.59. The fourth-order valence-corrected chi connectivity index (χ4v) is 2.02. The zero-order valence-electron chi connectivity index (χ0n) is 11.3. The van der Waals surface area contributed by atoms with E-state index in [9.17, 15) is 9.59 Å². The van der Waals surface area contributed by atoms with Gasteiger partial charge in [-0.15, -0.1) is 0 Å². The van der Waals surface area contributed by atoms with E-state index >= 15 is 0 Å². The van der Waals surface area contributed by atoms with Gasteiger partial charge in [0.25, 0.3) is 0 Å². The number of benzene rings is 1. The summed E-state index contributed by atoms with van der Waals surface area (Å²) in [6.45, 7) is 1.23. The number of nitrogens with one attached hydrogen (secondary N) is 1. The molecule has 7 nitrogen and oxygen atoms in total. The molecule has 1 aromatic carbocycles. The highest BCUT2D eigenvalue weighted by Crippen LogP contribution is 2.07. The van der Waals surface area contributed by atoms with E-state index in [1.165, 1.54) is 17.0 Å². The zero-order chi connectivity index (χ0) is 15.2. The van der Waals surface area contributed by atoms with E-state index in [0.717, 1.165) is 0 Å². The lowest BCUT2D eigenvalue weighted by atomic mass is 10.1. The van der Waals surface area contributed by atoms with Gasteiger partial charge in [-0.1, -0.05) is 12.1 Å². The molecule has 1 fully saturated rings. The molecule has 2 N–H and O–H groups in total. The Labute approximate surface area is 121 Å². The van der Waals surface area contributed by atoms with E-state index in [2.05, 4.69) is 5.32 Å². The van der Waals surface area contributed by atoms with Crippen LogP contribution in [0.25, 0.3) is 0 Å². The van der Waals surface area contributed by atoms with Crippen LogP contribution in [-0.4, -0.2) is 47.8 Å². The molecule has 21 heavy (non-hydrogen) atoms. The van der Waals surface area contributed by atoms with Crippen molar-refractivity contribution in [2.24, 2.45) is 0 Å². The lowest BCUT2D eigenvalue weighted by Crippen LogP contribution is -2.49. The van der Waals surface area contributed by atoms with Gasteiger partial charge in [-0.2, -0.15) is 5.26 Å². The van der Waals surface area contributed by atoms with Gasteiger partial charge in [0.1, 0.15) is 0 Å². The number of amides is 2. The summed E-state index contributed by atoms with van der Waals surface area (Å²) in [5.41, 5.74) is 0.881. The number of hydrogen-bond acceptors (Lipinski definition) is 4. The summed E-state index contributed by atoms with van der Waals surface area (Å²) < 4.78 is 5.16. The SMILES string of the molecule is N#CC1CN(C(=O)NCc2cccc(C(=O)O)c2)CCO1. The molecule has 0 aliphatic carbocycles. The second kappa shape index (κ2) is 6.72. The molecular formula is C14H15N3O4. The lowest BCUT2D eigenvalue weighted by molar-refractivity contribution is 0.0157. The number of nitrogens with zero attached hydrogens (tertiary/aromatic N) is 2. The van der Waals surface area contributed by atoms with E-state index in [4.69, 9.17) is 15.1 Å². The molecule has 0 bridgehead atoms. The Morgan fingerprint density at radius 2 is 2.33 bits per heavy atom. The molecule has 1 saturated heterocycles. The first-order valence-electron chi connectivity index (χ1n) is 6.46. The van der Waals surface area contributed by atoms with Crippen LogP contribution in [0.4, 0.5) is 4.79 Å². The van der Waals surface area contributed by atoms with Gasteiger partial charge in [0.15, 0.2) is 6.10 Å². The monoisotopic (exact) mass is 289 g/mol. The van der Waals surface area contributed by atoms with Gasteiger partial charge in [-0.25, -0.2) is 9.59 Å². The van der Waals surface area contributed by atoms with Crippen molar-refractivity contribution in [3.8, 4) is 6.07 Å². The summed E-state index contributed by atoms with van der Waals surface area (Å²) in [4.78, 5) is 24.4. The molecule has 1 atom stereocenters. The number of nitriles is 1. The van der Waals surface area contributed by atoms with E-state index < -0.39 is 12.1 Å². The number of rotatable bonds is 3. The molecular weight excluding hydrogens is 274 g/mol. The Morgan fingerprint density at radius 1 is 1.52 bits per heavy atom. The van der Waals surface area contributed by atoms with Gasteiger partial charge in [-0.3, -0.25) is 0 Å². The maximum Gasteiger partial charge on any atom is 0.335 e. The third-order valence-electron chi connectivity index (χ3n) is 3.12. The summed E-state index contributed by atoms with van der Waals surface area (Å²) in [6.07, 6.45) is -0.597. The fraction of sp³-hybridized carbons (Fsp3) is 0.357. The van der Waals surface area contributed by atoms with Crippen molar-refractivity contribution in [1.82, 2.24) is 10.2 Å². The number of morpholine rings is 1. The Kier molecular flexibility index (Phi) is 4.74. The van der Waals surface area contributed by atoms with Crippen molar-refractivity contribution in [3.63, 3.8) is 0 Å². The summed E-state index contributed by atoms with van der Waals surface area (Å²) in [6, 6.07) is 8.06. The summed E-state index contributed by atoms with van der Waals surface area (Å²) in [5.74, 6) is -1.01. The predicted molar refractivity (Wildman–Crippen MR) is 72.6 cm³/mol. The first-order chi connectivity index (χ1) is 10.1. The van der Waals surface area contributed by atoms with Crippen molar-refractivity contribution in [2.45, 2.75) is 12.6 Å². The molecule has 2 amide bonds. The predicted octanol–water partition coefficient (Wildman–Crippen LogP) is 0.819. The molecule has 1 aromatic rings. The molecule has 1 aliphatic heterocycles. The molecule has 110 valence electrons. The van der Waals surface area contributed by atoms with Crippen LogP contribution >= 0.6 is 0 Å². The number of aromatic carboxylic acids is 1. The van der Waals surface area contributed by atoms with Crippen LogP contribution in [0.5, 0.6) is 0 Å². The maximum absolute atomic E-state index is 12.0. The van der Waals surface area contributed by atoms with Crippen molar-refractivity contribution < 1.29 is 19.4 Å². The maximum atomic E-state index is 12.0. The van der Waals surface area contributed by atoms with Crippen LogP contribution in [-0.2, 0) is 11.3 Å². The summed E-state index contributed by atoms with van der Waals surface area (Å²) in [7, 11) is 0. The van der Waals surface area contributed by atoms with Crippen LogP contribution in [0.15, 0.2) is 24.3 Å².